The zero-order valence-corrected chi connectivity index (χ0v) is 29.3. The number of ether oxygens (including phenoxy) is 2. The van der Waals surface area contributed by atoms with Crippen LogP contribution in [0.2, 0.25) is 0 Å². The Kier molecular flexibility index (Phi) is 13.5. The Balaban J connectivity index is 1.57. The fourth-order valence-electron chi connectivity index (χ4n) is 6.28. The quantitative estimate of drug-likeness (QED) is 0.292. The van der Waals surface area contributed by atoms with Gasteiger partial charge in [-0.3, -0.25) is 4.79 Å². The fraction of sp³-hybridized carbons (Fsp3) is 0.657. The van der Waals surface area contributed by atoms with Gasteiger partial charge < -0.3 is 44.9 Å². The Bertz CT molecular complexity index is 1360. The first kappa shape index (κ1) is 37.0. The van der Waals surface area contributed by atoms with E-state index in [2.05, 4.69) is 21.1 Å². The van der Waals surface area contributed by atoms with Gasteiger partial charge >= 0.3 is 12.1 Å². The minimum atomic E-state index is -0.523. The average molecular weight is 671 g/mol. The first-order valence-corrected chi connectivity index (χ1v) is 17.3. The zero-order valence-electron chi connectivity index (χ0n) is 29.3. The van der Waals surface area contributed by atoms with Crippen LogP contribution in [0.1, 0.15) is 93.9 Å². The van der Waals surface area contributed by atoms with E-state index < -0.39 is 12.1 Å². The molecule has 13 nitrogen and oxygen atoms in total. The van der Waals surface area contributed by atoms with Gasteiger partial charge in [0.1, 0.15) is 17.1 Å². The molecule has 2 heterocycles. The Morgan fingerprint density at radius 1 is 1.08 bits per heavy atom. The number of hydrogen-bond acceptors (Lipinski definition) is 8. The van der Waals surface area contributed by atoms with Crippen molar-refractivity contribution in [1.29, 1.82) is 0 Å². The third kappa shape index (κ3) is 10.1. The number of hydrogen-bond donors (Lipinski definition) is 4. The largest absolute Gasteiger partial charge is 0.490 e. The number of nitrogens with one attached hydrogen (secondary N) is 3. The molecule has 1 aromatic heterocycles. The number of nitrogens with zero attached hydrogens (tertiary/aromatic N) is 3. The second-order valence-corrected chi connectivity index (χ2v) is 13.5. The van der Waals surface area contributed by atoms with E-state index in [1.165, 1.54) is 6.42 Å². The summed E-state index contributed by atoms with van der Waals surface area (Å²) in [5, 5.41) is 22.8. The molecule has 48 heavy (non-hydrogen) atoms. The Hall–Kier alpha value is -3.84. The number of aliphatic hydroxyl groups is 1. The highest BCUT2D eigenvalue weighted by Gasteiger charge is 2.31. The summed E-state index contributed by atoms with van der Waals surface area (Å²) in [6.45, 7) is 10.1. The van der Waals surface area contributed by atoms with Gasteiger partial charge in [0.2, 0.25) is 0 Å². The van der Waals surface area contributed by atoms with E-state index in [-0.39, 0.29) is 54.8 Å². The van der Waals surface area contributed by atoms with E-state index in [9.17, 15) is 19.5 Å². The van der Waals surface area contributed by atoms with Crippen molar-refractivity contribution in [3.05, 3.63) is 35.2 Å². The van der Waals surface area contributed by atoms with Crippen molar-refractivity contribution >= 4 is 29.3 Å². The maximum absolute atomic E-state index is 14.4. The molecule has 0 bridgehead atoms. The molecule has 2 aliphatic rings. The van der Waals surface area contributed by atoms with Gasteiger partial charge in [0.25, 0.3) is 5.91 Å². The van der Waals surface area contributed by atoms with Crippen molar-refractivity contribution < 1.29 is 33.5 Å². The van der Waals surface area contributed by atoms with Gasteiger partial charge in [0.05, 0.1) is 30.4 Å². The van der Waals surface area contributed by atoms with E-state index in [0.29, 0.717) is 41.7 Å². The monoisotopic (exact) mass is 670 g/mol. The number of rotatable bonds is 7. The van der Waals surface area contributed by atoms with Crippen LogP contribution in [-0.2, 0) is 4.74 Å². The normalized spacial score (nSPS) is 22.1. The van der Waals surface area contributed by atoms with E-state index in [4.69, 9.17) is 14.0 Å². The van der Waals surface area contributed by atoms with Crippen LogP contribution in [0.5, 0.6) is 5.75 Å². The van der Waals surface area contributed by atoms with E-state index in [1.807, 2.05) is 13.8 Å². The number of anilines is 2. The third-order valence-electron chi connectivity index (χ3n) is 9.31. The lowest BCUT2D eigenvalue weighted by Gasteiger charge is -2.36. The molecule has 1 aliphatic carbocycles. The van der Waals surface area contributed by atoms with Crippen LogP contribution >= 0.6 is 0 Å². The van der Waals surface area contributed by atoms with Crippen molar-refractivity contribution in [2.75, 3.05) is 44.0 Å². The van der Waals surface area contributed by atoms with Gasteiger partial charge in [-0.15, -0.1) is 0 Å². The van der Waals surface area contributed by atoms with Gasteiger partial charge in [-0.05, 0) is 78.0 Å². The zero-order chi connectivity index (χ0) is 34.8. The SMILES string of the molecule is Cc1noc(C)c1NC(=O)Nc1ccc2c(c1)C(=O)N([C@@H](C)CO)C[C@@H](C)[C@H](CN(C)C(=O)NC1CCCCC1)OCCCC[C@H](C)O2. The number of urea groups is 2. The number of likely N-dealkylation sites (N-methyl/N-ethyl adjacent to an activating group) is 1. The molecule has 0 radical (unpaired) electrons. The number of benzene rings is 1. The molecule has 0 unspecified atom stereocenters. The predicted molar refractivity (Wildman–Crippen MR) is 184 cm³/mol. The molecule has 2 aromatic rings. The molecule has 0 spiro atoms. The lowest BCUT2D eigenvalue weighted by Crippen LogP contribution is -2.50. The number of carbonyl (C=O) groups excluding carboxylic acids is 3. The smallest absolute Gasteiger partial charge is 0.323 e. The molecule has 4 rings (SSSR count). The van der Waals surface area contributed by atoms with Gasteiger partial charge in [-0.1, -0.05) is 31.3 Å². The molecule has 4 N–H and O–H groups in total. The molecule has 13 heteroatoms. The number of fused-ring (bicyclic) bond motifs is 1. The van der Waals surface area contributed by atoms with Crippen LogP contribution < -0.4 is 20.7 Å². The van der Waals surface area contributed by atoms with Crippen LogP contribution in [0, 0.1) is 19.8 Å². The molecule has 1 aliphatic heterocycles. The summed E-state index contributed by atoms with van der Waals surface area (Å²) in [6, 6.07) is 4.02. The second-order valence-electron chi connectivity index (χ2n) is 13.5. The van der Waals surface area contributed by atoms with E-state index in [1.54, 1.807) is 55.8 Å². The number of aromatic nitrogens is 1. The molecular formula is C35H54N6O7. The van der Waals surface area contributed by atoms with Crippen LogP contribution in [0.15, 0.2) is 22.7 Å². The summed E-state index contributed by atoms with van der Waals surface area (Å²) in [6.07, 6.45) is 7.37. The highest BCUT2D eigenvalue weighted by atomic mass is 16.5. The molecule has 1 fully saturated rings. The molecule has 266 valence electrons. The van der Waals surface area contributed by atoms with Crippen LogP contribution in [-0.4, -0.2) is 95.7 Å². The molecule has 5 amide bonds. The maximum atomic E-state index is 14.4. The molecule has 4 atom stereocenters. The summed E-state index contributed by atoms with van der Waals surface area (Å²) < 4.78 is 17.8. The lowest BCUT2D eigenvalue weighted by atomic mass is 9.96. The minimum Gasteiger partial charge on any atom is -0.490 e. The van der Waals surface area contributed by atoms with Gasteiger partial charge in [-0.2, -0.15) is 0 Å². The molecule has 0 saturated heterocycles. The first-order chi connectivity index (χ1) is 23.0. The maximum Gasteiger partial charge on any atom is 0.323 e. The van der Waals surface area contributed by atoms with Gasteiger partial charge in [-0.25, -0.2) is 9.59 Å². The highest BCUT2D eigenvalue weighted by Crippen LogP contribution is 2.29. The Morgan fingerprint density at radius 3 is 2.50 bits per heavy atom. The van der Waals surface area contributed by atoms with E-state index in [0.717, 1.165) is 44.9 Å². The minimum absolute atomic E-state index is 0.118. The van der Waals surface area contributed by atoms with Crippen molar-refractivity contribution in [3.63, 3.8) is 0 Å². The van der Waals surface area contributed by atoms with Crippen molar-refractivity contribution in [2.45, 2.75) is 110 Å². The number of aryl methyl sites for hydroxylation is 2. The van der Waals surface area contributed by atoms with E-state index >= 15 is 0 Å². The number of aliphatic hydroxyl groups excluding tert-OH is 1. The van der Waals surface area contributed by atoms with Crippen LogP contribution in [0.4, 0.5) is 21.0 Å². The summed E-state index contributed by atoms with van der Waals surface area (Å²) in [5.74, 6) is 0.349. The summed E-state index contributed by atoms with van der Waals surface area (Å²) in [5.41, 5.74) is 1.68. The van der Waals surface area contributed by atoms with Gasteiger partial charge in [0.15, 0.2) is 5.76 Å². The Labute approximate surface area is 284 Å². The summed E-state index contributed by atoms with van der Waals surface area (Å²) in [4.78, 5) is 43.7. The van der Waals surface area contributed by atoms with Crippen molar-refractivity contribution in [1.82, 2.24) is 20.3 Å². The molecule has 1 saturated carbocycles. The number of carbonyl (C=O) groups is 3. The van der Waals surface area contributed by atoms with Gasteiger partial charge in [0, 0.05) is 44.4 Å². The summed E-state index contributed by atoms with van der Waals surface area (Å²) >= 11 is 0. The highest BCUT2D eigenvalue weighted by molar-refractivity contribution is 6.03. The number of amides is 5. The van der Waals surface area contributed by atoms with Crippen LogP contribution in [0.25, 0.3) is 0 Å². The predicted octanol–water partition coefficient (Wildman–Crippen LogP) is 5.71. The molecule has 1 aromatic carbocycles. The second kappa shape index (κ2) is 17.5. The topological polar surface area (TPSA) is 158 Å². The first-order valence-electron chi connectivity index (χ1n) is 17.3. The average Bonchev–Trinajstić information content (AvgIpc) is 3.38. The fourth-order valence-corrected chi connectivity index (χ4v) is 6.28. The molecular weight excluding hydrogens is 616 g/mol. The third-order valence-corrected chi connectivity index (χ3v) is 9.31. The van der Waals surface area contributed by atoms with Crippen molar-refractivity contribution in [3.8, 4) is 5.75 Å². The lowest BCUT2D eigenvalue weighted by molar-refractivity contribution is -0.0123. The standard InChI is InChI=1S/C35H54N6O7/c1-22-19-41(23(2)21-42)33(43)29-18-28(36-34(44)38-32-25(4)39-48-26(32)5)15-16-30(29)47-24(3)12-10-11-17-46-31(22)20-40(6)35(45)37-27-13-8-7-9-14-27/h15-16,18,22-24,27,31,42H,7-14,17,19-21H2,1-6H3,(H,37,45)(H2,36,38,44)/t22-,23+,24+,31+/m1/s1. The summed E-state index contributed by atoms with van der Waals surface area (Å²) in [7, 11) is 1.78. The van der Waals surface area contributed by atoms with Crippen molar-refractivity contribution in [2.24, 2.45) is 5.92 Å². The Morgan fingerprint density at radius 2 is 1.81 bits per heavy atom. The van der Waals surface area contributed by atoms with Crippen LogP contribution in [0.3, 0.4) is 0 Å².